The summed E-state index contributed by atoms with van der Waals surface area (Å²) in [7, 11) is 0. The van der Waals surface area contributed by atoms with E-state index in [1.807, 2.05) is 16.7 Å². The topological polar surface area (TPSA) is 80.3 Å². The second-order valence-electron chi connectivity index (χ2n) is 4.79. The van der Waals surface area contributed by atoms with E-state index in [1.165, 1.54) is 5.56 Å². The summed E-state index contributed by atoms with van der Waals surface area (Å²) in [6, 6.07) is 10.4. The first-order valence-electron chi connectivity index (χ1n) is 6.95. The minimum Gasteiger partial charge on any atom is -0.367 e. The van der Waals surface area contributed by atoms with Crippen LogP contribution in [-0.4, -0.2) is 20.9 Å². The number of fused-ring (bicyclic) bond motifs is 1. The number of nitrogens with one attached hydrogen (secondary N) is 2. The average Bonchev–Trinajstić information content (AvgIpc) is 3.00. The monoisotopic (exact) mass is 282 g/mol. The van der Waals surface area contributed by atoms with Gasteiger partial charge in [-0.25, -0.2) is 15.8 Å². The molecular weight excluding hydrogens is 264 g/mol. The van der Waals surface area contributed by atoms with Crippen molar-refractivity contribution in [1.29, 1.82) is 0 Å². The Labute approximate surface area is 123 Å². The standard InChI is InChI=1S/C15H18N6/c16-20-13-11-21-10-9-18-15(21)14(19-13)17-8-4-7-12-5-2-1-3-6-12/h1-3,5-6,9-11,20H,4,7-8,16H2,(H,17,19). The lowest BCUT2D eigenvalue weighted by atomic mass is 10.1. The van der Waals surface area contributed by atoms with Crippen molar-refractivity contribution in [2.24, 2.45) is 5.84 Å². The number of hydrogen-bond acceptors (Lipinski definition) is 5. The van der Waals surface area contributed by atoms with Gasteiger partial charge in [-0.3, -0.25) is 0 Å². The zero-order chi connectivity index (χ0) is 14.5. The van der Waals surface area contributed by atoms with Crippen LogP contribution in [0.4, 0.5) is 11.6 Å². The van der Waals surface area contributed by atoms with Crippen molar-refractivity contribution in [1.82, 2.24) is 14.4 Å². The van der Waals surface area contributed by atoms with Gasteiger partial charge >= 0.3 is 0 Å². The van der Waals surface area contributed by atoms with Crippen LogP contribution in [0.25, 0.3) is 5.65 Å². The van der Waals surface area contributed by atoms with E-state index in [0.717, 1.165) is 30.9 Å². The quantitative estimate of drug-likeness (QED) is 0.366. The molecule has 2 aromatic heterocycles. The van der Waals surface area contributed by atoms with Gasteiger partial charge in [-0.2, -0.15) is 0 Å². The number of aryl methyl sites for hydroxylation is 1. The third kappa shape index (κ3) is 3.11. The molecule has 0 atom stereocenters. The summed E-state index contributed by atoms with van der Waals surface area (Å²) >= 11 is 0. The Kier molecular flexibility index (Phi) is 3.97. The maximum atomic E-state index is 5.44. The van der Waals surface area contributed by atoms with Crippen LogP contribution < -0.4 is 16.6 Å². The van der Waals surface area contributed by atoms with Gasteiger partial charge in [0.15, 0.2) is 17.3 Å². The Bertz CT molecular complexity index is 707. The second kappa shape index (κ2) is 6.23. The minimum absolute atomic E-state index is 0.603. The highest BCUT2D eigenvalue weighted by atomic mass is 15.3. The van der Waals surface area contributed by atoms with Gasteiger partial charge in [-0.15, -0.1) is 0 Å². The summed E-state index contributed by atoms with van der Waals surface area (Å²) in [6.45, 7) is 0.832. The predicted octanol–water partition coefficient (Wildman–Crippen LogP) is 2.06. The summed E-state index contributed by atoms with van der Waals surface area (Å²) in [5.41, 5.74) is 4.71. The first-order valence-corrected chi connectivity index (χ1v) is 6.95. The fourth-order valence-electron chi connectivity index (χ4n) is 2.26. The molecule has 0 fully saturated rings. The number of nitrogens with two attached hydrogens (primary N) is 1. The van der Waals surface area contributed by atoms with Gasteiger partial charge in [0, 0.05) is 18.9 Å². The van der Waals surface area contributed by atoms with Gasteiger partial charge in [0.1, 0.15) is 0 Å². The molecular formula is C15H18N6. The van der Waals surface area contributed by atoms with E-state index < -0.39 is 0 Å². The van der Waals surface area contributed by atoms with Crippen molar-refractivity contribution < 1.29 is 0 Å². The molecule has 3 aromatic rings. The Morgan fingerprint density at radius 3 is 2.86 bits per heavy atom. The molecule has 0 bridgehead atoms. The molecule has 0 saturated carbocycles. The summed E-state index contributed by atoms with van der Waals surface area (Å²) in [6.07, 6.45) is 7.48. The van der Waals surface area contributed by atoms with Crippen LogP contribution in [0.3, 0.4) is 0 Å². The van der Waals surface area contributed by atoms with Crippen LogP contribution in [0.2, 0.25) is 0 Å². The highest BCUT2D eigenvalue weighted by Crippen LogP contribution is 2.15. The van der Waals surface area contributed by atoms with Crippen molar-refractivity contribution >= 4 is 17.3 Å². The van der Waals surface area contributed by atoms with E-state index in [1.54, 1.807) is 12.4 Å². The van der Waals surface area contributed by atoms with E-state index in [-0.39, 0.29) is 0 Å². The molecule has 0 amide bonds. The molecule has 1 aromatic carbocycles. The molecule has 6 nitrogen and oxygen atoms in total. The molecule has 108 valence electrons. The van der Waals surface area contributed by atoms with Gasteiger partial charge in [0.2, 0.25) is 0 Å². The van der Waals surface area contributed by atoms with E-state index in [9.17, 15) is 0 Å². The molecule has 0 spiro atoms. The first kappa shape index (κ1) is 13.4. The van der Waals surface area contributed by atoms with E-state index >= 15 is 0 Å². The minimum atomic E-state index is 0.603. The number of hydrazine groups is 1. The van der Waals surface area contributed by atoms with Crippen molar-refractivity contribution in [2.45, 2.75) is 12.8 Å². The summed E-state index contributed by atoms with van der Waals surface area (Å²) in [4.78, 5) is 8.71. The highest BCUT2D eigenvalue weighted by molar-refractivity contribution is 5.65. The van der Waals surface area contributed by atoms with Crippen molar-refractivity contribution in [3.05, 3.63) is 54.5 Å². The normalized spacial score (nSPS) is 10.7. The lowest BCUT2D eigenvalue weighted by molar-refractivity contribution is 0.858. The Hall–Kier alpha value is -2.60. The lowest BCUT2D eigenvalue weighted by Crippen LogP contribution is -2.12. The van der Waals surface area contributed by atoms with Crippen molar-refractivity contribution in [2.75, 3.05) is 17.3 Å². The third-order valence-corrected chi connectivity index (χ3v) is 3.30. The summed E-state index contributed by atoms with van der Waals surface area (Å²) in [5.74, 6) is 6.78. The van der Waals surface area contributed by atoms with E-state index in [4.69, 9.17) is 5.84 Å². The maximum absolute atomic E-state index is 5.44. The molecule has 3 rings (SSSR count). The molecule has 0 aliphatic rings. The van der Waals surface area contributed by atoms with Gasteiger partial charge < -0.3 is 15.1 Å². The summed E-state index contributed by atoms with van der Waals surface area (Å²) in [5, 5.41) is 3.33. The Morgan fingerprint density at radius 2 is 2.05 bits per heavy atom. The molecule has 4 N–H and O–H groups in total. The van der Waals surface area contributed by atoms with Gasteiger partial charge in [0.05, 0.1) is 6.20 Å². The van der Waals surface area contributed by atoms with Crippen LogP contribution in [0.1, 0.15) is 12.0 Å². The van der Waals surface area contributed by atoms with Gasteiger partial charge in [0.25, 0.3) is 0 Å². The van der Waals surface area contributed by atoms with Crippen LogP contribution in [0.15, 0.2) is 48.9 Å². The summed E-state index contributed by atoms with van der Waals surface area (Å²) < 4.78 is 1.89. The zero-order valence-corrected chi connectivity index (χ0v) is 11.7. The second-order valence-corrected chi connectivity index (χ2v) is 4.79. The fourth-order valence-corrected chi connectivity index (χ4v) is 2.26. The number of benzene rings is 1. The molecule has 0 aliphatic heterocycles. The van der Waals surface area contributed by atoms with E-state index in [0.29, 0.717) is 5.82 Å². The molecule has 6 heteroatoms. The number of aromatic nitrogens is 3. The maximum Gasteiger partial charge on any atom is 0.180 e. The van der Waals surface area contributed by atoms with Crippen molar-refractivity contribution in [3.63, 3.8) is 0 Å². The van der Waals surface area contributed by atoms with Crippen LogP contribution in [-0.2, 0) is 6.42 Å². The van der Waals surface area contributed by atoms with Gasteiger partial charge in [-0.1, -0.05) is 30.3 Å². The first-order chi connectivity index (χ1) is 10.4. The van der Waals surface area contributed by atoms with E-state index in [2.05, 4.69) is 45.0 Å². The number of imidazole rings is 1. The molecule has 0 saturated heterocycles. The largest absolute Gasteiger partial charge is 0.367 e. The molecule has 0 aliphatic carbocycles. The van der Waals surface area contributed by atoms with Crippen molar-refractivity contribution in [3.8, 4) is 0 Å². The lowest BCUT2D eigenvalue weighted by Gasteiger charge is -2.09. The number of nitrogens with zero attached hydrogens (tertiary/aromatic N) is 3. The smallest absolute Gasteiger partial charge is 0.180 e. The Balaban J connectivity index is 1.63. The molecule has 0 unspecified atom stereocenters. The molecule has 2 heterocycles. The van der Waals surface area contributed by atoms with Gasteiger partial charge in [-0.05, 0) is 18.4 Å². The number of hydrogen-bond donors (Lipinski definition) is 3. The van der Waals surface area contributed by atoms with Crippen LogP contribution >= 0.6 is 0 Å². The van der Waals surface area contributed by atoms with Crippen LogP contribution in [0.5, 0.6) is 0 Å². The number of nitrogen functional groups attached to an aromatic ring is 1. The zero-order valence-electron chi connectivity index (χ0n) is 11.7. The van der Waals surface area contributed by atoms with Crippen LogP contribution in [0, 0.1) is 0 Å². The molecule has 21 heavy (non-hydrogen) atoms. The molecule has 0 radical (unpaired) electrons. The average molecular weight is 282 g/mol. The third-order valence-electron chi connectivity index (χ3n) is 3.30. The predicted molar refractivity (Wildman–Crippen MR) is 84.0 cm³/mol. The number of anilines is 2. The fraction of sp³-hybridized carbons (Fsp3) is 0.200. The highest BCUT2D eigenvalue weighted by Gasteiger charge is 2.06. The Morgan fingerprint density at radius 1 is 1.19 bits per heavy atom. The number of rotatable bonds is 6. The SMILES string of the molecule is NNc1cn2ccnc2c(NCCCc2ccccc2)n1.